The van der Waals surface area contributed by atoms with Crippen LogP contribution in [-0.2, 0) is 0 Å². The molecular weight excluding hydrogens is 326 g/mol. The quantitative estimate of drug-likeness (QED) is 0.920. The monoisotopic (exact) mass is 345 g/mol. The average molecular weight is 346 g/mol. The van der Waals surface area contributed by atoms with E-state index in [1.807, 2.05) is 35.2 Å². The Morgan fingerprint density at radius 1 is 1.17 bits per heavy atom. The van der Waals surface area contributed by atoms with E-state index in [1.165, 1.54) is 12.8 Å². The summed E-state index contributed by atoms with van der Waals surface area (Å²) < 4.78 is 5.97. The molecule has 1 aliphatic carbocycles. The first-order chi connectivity index (χ1) is 11.7. The summed E-state index contributed by atoms with van der Waals surface area (Å²) in [6.07, 6.45) is 4.19. The Morgan fingerprint density at radius 2 is 1.88 bits per heavy atom. The molecule has 1 N–H and O–H groups in total. The molecule has 2 aliphatic rings. The molecule has 1 aromatic carbocycles. The van der Waals surface area contributed by atoms with Gasteiger partial charge in [-0.3, -0.25) is 9.89 Å². The Labute approximate surface area is 145 Å². The largest absolute Gasteiger partial charge is 0.490 e. The minimum atomic E-state index is 0.0168. The van der Waals surface area contributed by atoms with E-state index in [1.54, 1.807) is 0 Å². The Hall–Kier alpha value is -2.01. The number of hydrogen-bond acceptors (Lipinski definition) is 3. The summed E-state index contributed by atoms with van der Waals surface area (Å²) in [4.78, 5) is 14.4. The highest BCUT2D eigenvalue weighted by atomic mass is 35.5. The molecule has 0 radical (unpaired) electrons. The molecule has 1 saturated carbocycles. The molecule has 0 spiro atoms. The summed E-state index contributed by atoms with van der Waals surface area (Å²) in [6.45, 7) is 1.39. The van der Waals surface area contributed by atoms with Crippen LogP contribution in [-0.4, -0.2) is 40.2 Å². The first-order valence-corrected chi connectivity index (χ1v) is 8.83. The molecule has 1 aliphatic heterocycles. The lowest BCUT2D eigenvalue weighted by atomic mass is 10.1. The van der Waals surface area contributed by atoms with Gasteiger partial charge >= 0.3 is 0 Å². The van der Waals surface area contributed by atoms with Crippen molar-refractivity contribution in [2.75, 3.05) is 13.1 Å². The van der Waals surface area contributed by atoms with E-state index in [9.17, 15) is 4.79 Å². The van der Waals surface area contributed by atoms with Crippen molar-refractivity contribution >= 4 is 17.5 Å². The predicted molar refractivity (Wildman–Crippen MR) is 91.6 cm³/mol. The zero-order chi connectivity index (χ0) is 16.5. The third kappa shape index (κ3) is 3.41. The number of amides is 1. The highest BCUT2D eigenvalue weighted by molar-refractivity contribution is 6.30. The summed E-state index contributed by atoms with van der Waals surface area (Å²) in [5, 5.41) is 7.89. The third-order valence-corrected chi connectivity index (χ3v) is 4.93. The summed E-state index contributed by atoms with van der Waals surface area (Å²) in [5.74, 6) is 1.42. The fraction of sp³-hybridized carbons (Fsp3) is 0.444. The van der Waals surface area contributed by atoms with Crippen LogP contribution in [0.1, 0.15) is 47.8 Å². The number of benzene rings is 1. The van der Waals surface area contributed by atoms with Crippen LogP contribution >= 0.6 is 11.6 Å². The number of hydrogen-bond donors (Lipinski definition) is 1. The highest BCUT2D eigenvalue weighted by Gasteiger charge is 2.29. The van der Waals surface area contributed by atoms with Gasteiger partial charge in [0.1, 0.15) is 17.5 Å². The van der Waals surface area contributed by atoms with Crippen LogP contribution in [0, 0.1) is 0 Å². The molecular formula is C18H20ClN3O2. The summed E-state index contributed by atoms with van der Waals surface area (Å²) in [5.41, 5.74) is 1.63. The number of likely N-dealkylation sites (tertiary alicyclic amines) is 1. The molecule has 1 saturated heterocycles. The standard InChI is InChI=1S/C18H20ClN3O2/c19-13-3-5-14(6-4-13)24-15-7-9-22(10-8-15)18(23)17-11-16(20-21-17)12-1-2-12/h3-6,11-12,15H,1-2,7-10H2,(H,20,21). The minimum absolute atomic E-state index is 0.0168. The topological polar surface area (TPSA) is 58.2 Å². The number of halogens is 1. The van der Waals surface area contributed by atoms with E-state index < -0.39 is 0 Å². The number of nitrogens with zero attached hydrogens (tertiary/aromatic N) is 2. The van der Waals surface area contributed by atoms with Gasteiger partial charge in [-0.1, -0.05) is 11.6 Å². The van der Waals surface area contributed by atoms with E-state index in [4.69, 9.17) is 16.3 Å². The minimum Gasteiger partial charge on any atom is -0.490 e. The van der Waals surface area contributed by atoms with Crippen molar-refractivity contribution in [2.45, 2.75) is 37.7 Å². The van der Waals surface area contributed by atoms with E-state index in [-0.39, 0.29) is 12.0 Å². The number of carbonyl (C=O) groups excluding carboxylic acids is 1. The van der Waals surface area contributed by atoms with Crippen molar-refractivity contribution in [1.29, 1.82) is 0 Å². The molecule has 0 unspecified atom stereocenters. The van der Waals surface area contributed by atoms with Gasteiger partial charge in [-0.05, 0) is 43.2 Å². The van der Waals surface area contributed by atoms with Gasteiger partial charge in [-0.2, -0.15) is 5.10 Å². The van der Waals surface area contributed by atoms with Gasteiger partial charge in [0.05, 0.1) is 0 Å². The second-order valence-electron chi connectivity index (χ2n) is 6.55. The Morgan fingerprint density at radius 3 is 2.54 bits per heavy atom. The fourth-order valence-corrected chi connectivity index (χ4v) is 3.22. The van der Waals surface area contributed by atoms with Crippen LogP contribution in [0.25, 0.3) is 0 Å². The summed E-state index contributed by atoms with van der Waals surface area (Å²) in [6, 6.07) is 9.32. The van der Waals surface area contributed by atoms with E-state index in [0.717, 1.165) is 24.3 Å². The number of aromatic amines is 1. The zero-order valence-electron chi connectivity index (χ0n) is 13.4. The lowest BCUT2D eigenvalue weighted by Crippen LogP contribution is -2.41. The number of carbonyl (C=O) groups is 1. The highest BCUT2D eigenvalue weighted by Crippen LogP contribution is 2.39. The molecule has 24 heavy (non-hydrogen) atoms. The van der Waals surface area contributed by atoms with E-state index in [0.29, 0.717) is 29.7 Å². The lowest BCUT2D eigenvalue weighted by Gasteiger charge is -2.31. The number of aromatic nitrogens is 2. The number of ether oxygens (including phenoxy) is 1. The van der Waals surface area contributed by atoms with E-state index >= 15 is 0 Å². The lowest BCUT2D eigenvalue weighted by molar-refractivity contribution is 0.0590. The van der Waals surface area contributed by atoms with Gasteiger partial charge in [-0.25, -0.2) is 0 Å². The maximum atomic E-state index is 12.5. The SMILES string of the molecule is O=C(c1cc(C2CC2)[nH]n1)N1CCC(Oc2ccc(Cl)cc2)CC1. The fourth-order valence-electron chi connectivity index (χ4n) is 3.09. The number of piperidine rings is 1. The molecule has 5 nitrogen and oxygen atoms in total. The molecule has 2 aromatic rings. The van der Waals surface area contributed by atoms with Crippen molar-refractivity contribution in [3.05, 3.63) is 46.7 Å². The molecule has 0 bridgehead atoms. The van der Waals surface area contributed by atoms with Crippen molar-refractivity contribution in [3.63, 3.8) is 0 Å². The van der Waals surface area contributed by atoms with Gasteiger partial charge in [0, 0.05) is 42.6 Å². The van der Waals surface area contributed by atoms with Crippen LogP contribution in [0.5, 0.6) is 5.75 Å². The van der Waals surface area contributed by atoms with Crippen LogP contribution in [0.4, 0.5) is 0 Å². The van der Waals surface area contributed by atoms with Gasteiger partial charge in [0.15, 0.2) is 0 Å². The van der Waals surface area contributed by atoms with Gasteiger partial charge in [0.2, 0.25) is 0 Å². The van der Waals surface area contributed by atoms with E-state index in [2.05, 4.69) is 10.2 Å². The maximum absolute atomic E-state index is 12.5. The molecule has 2 fully saturated rings. The maximum Gasteiger partial charge on any atom is 0.274 e. The van der Waals surface area contributed by atoms with Crippen molar-refractivity contribution < 1.29 is 9.53 Å². The number of rotatable bonds is 4. The molecule has 1 aromatic heterocycles. The summed E-state index contributed by atoms with van der Waals surface area (Å²) >= 11 is 5.88. The molecule has 4 rings (SSSR count). The van der Waals surface area contributed by atoms with Crippen molar-refractivity contribution in [1.82, 2.24) is 15.1 Å². The smallest absolute Gasteiger partial charge is 0.274 e. The predicted octanol–water partition coefficient (Wildman–Crippen LogP) is 3.62. The van der Waals surface area contributed by atoms with Crippen LogP contribution < -0.4 is 4.74 Å². The Balaban J connectivity index is 1.31. The molecule has 2 heterocycles. The first-order valence-electron chi connectivity index (χ1n) is 8.46. The van der Waals surface area contributed by atoms with Crippen LogP contribution in [0.3, 0.4) is 0 Å². The van der Waals surface area contributed by atoms with Gasteiger partial charge in [0.25, 0.3) is 5.91 Å². The summed E-state index contributed by atoms with van der Waals surface area (Å²) in [7, 11) is 0. The van der Waals surface area contributed by atoms with Crippen molar-refractivity contribution in [3.8, 4) is 5.75 Å². The second kappa shape index (κ2) is 6.48. The van der Waals surface area contributed by atoms with Crippen LogP contribution in [0.15, 0.2) is 30.3 Å². The molecule has 1 amide bonds. The number of H-pyrrole nitrogens is 1. The Bertz CT molecular complexity index is 716. The first kappa shape index (κ1) is 15.5. The third-order valence-electron chi connectivity index (χ3n) is 4.68. The Kier molecular flexibility index (Phi) is 4.19. The van der Waals surface area contributed by atoms with Crippen LogP contribution in [0.2, 0.25) is 5.02 Å². The van der Waals surface area contributed by atoms with Crippen molar-refractivity contribution in [2.24, 2.45) is 0 Å². The van der Waals surface area contributed by atoms with Gasteiger partial charge < -0.3 is 9.64 Å². The molecule has 6 heteroatoms. The normalized spacial score (nSPS) is 18.6. The van der Waals surface area contributed by atoms with Gasteiger partial charge in [-0.15, -0.1) is 0 Å². The number of nitrogens with one attached hydrogen (secondary N) is 1. The molecule has 126 valence electrons. The molecule has 0 atom stereocenters. The zero-order valence-corrected chi connectivity index (χ0v) is 14.1. The average Bonchev–Trinajstić information content (AvgIpc) is 3.34. The second-order valence-corrected chi connectivity index (χ2v) is 6.98.